The monoisotopic (exact) mass is 290 g/mol. The first-order valence-electron chi connectivity index (χ1n) is 8.80. The Morgan fingerprint density at radius 3 is 2.14 bits per heavy atom. The van der Waals surface area contributed by atoms with Crippen molar-refractivity contribution >= 4 is 11.8 Å². The normalized spacial score (nSPS) is 31.3. The predicted octanol–water partition coefficient (Wildman–Crippen LogP) is 2.18. The summed E-state index contributed by atoms with van der Waals surface area (Å²) in [4.78, 5) is 28.7. The van der Waals surface area contributed by atoms with E-state index in [0.717, 1.165) is 51.2 Å². The van der Waals surface area contributed by atoms with E-state index in [-0.39, 0.29) is 17.4 Å². The summed E-state index contributed by atoms with van der Waals surface area (Å²) in [6, 6.07) is 0. The van der Waals surface area contributed by atoms with Crippen LogP contribution in [-0.2, 0) is 9.59 Å². The maximum absolute atomic E-state index is 12.5. The zero-order valence-electron chi connectivity index (χ0n) is 12.9. The predicted molar refractivity (Wildman–Crippen MR) is 79.6 cm³/mol. The van der Waals surface area contributed by atoms with Crippen LogP contribution in [0.25, 0.3) is 0 Å². The number of hydrogen-bond donors (Lipinski definition) is 0. The molecule has 0 N–H and O–H groups in total. The van der Waals surface area contributed by atoms with Gasteiger partial charge in [0.1, 0.15) is 0 Å². The van der Waals surface area contributed by atoms with Crippen molar-refractivity contribution in [1.29, 1.82) is 0 Å². The molecule has 2 aliphatic heterocycles. The fourth-order valence-electron chi connectivity index (χ4n) is 5.00. The highest BCUT2D eigenvalue weighted by Crippen LogP contribution is 2.47. The second kappa shape index (κ2) is 4.99. The van der Waals surface area contributed by atoms with E-state index in [1.54, 1.807) is 0 Å². The average Bonchev–Trinajstić information content (AvgIpc) is 3.05. The van der Waals surface area contributed by atoms with Gasteiger partial charge >= 0.3 is 11.8 Å². The molecule has 1 spiro atoms. The summed E-state index contributed by atoms with van der Waals surface area (Å²) < 4.78 is 0. The first kappa shape index (κ1) is 13.6. The topological polar surface area (TPSA) is 40.6 Å². The van der Waals surface area contributed by atoms with E-state index in [0.29, 0.717) is 5.92 Å². The molecule has 4 aliphatic rings. The van der Waals surface area contributed by atoms with Crippen LogP contribution >= 0.6 is 0 Å². The van der Waals surface area contributed by atoms with E-state index in [1.807, 2.05) is 9.80 Å². The number of likely N-dealkylation sites (tertiary alicyclic amines) is 2. The van der Waals surface area contributed by atoms with Crippen LogP contribution in [0.5, 0.6) is 0 Å². The quantitative estimate of drug-likeness (QED) is 0.695. The summed E-state index contributed by atoms with van der Waals surface area (Å²) >= 11 is 0. The lowest BCUT2D eigenvalue weighted by Gasteiger charge is -2.58. The molecule has 2 saturated carbocycles. The van der Waals surface area contributed by atoms with Crippen molar-refractivity contribution in [2.45, 2.75) is 63.3 Å². The van der Waals surface area contributed by atoms with Crippen molar-refractivity contribution < 1.29 is 9.59 Å². The van der Waals surface area contributed by atoms with Gasteiger partial charge in [-0.3, -0.25) is 9.59 Å². The van der Waals surface area contributed by atoms with Gasteiger partial charge in [0.2, 0.25) is 0 Å². The van der Waals surface area contributed by atoms with E-state index in [4.69, 9.17) is 0 Å². The lowest BCUT2D eigenvalue weighted by molar-refractivity contribution is -0.167. The molecule has 4 rings (SSSR count). The zero-order chi connectivity index (χ0) is 14.4. The van der Waals surface area contributed by atoms with Crippen LogP contribution in [0.4, 0.5) is 0 Å². The molecule has 0 radical (unpaired) electrons. The van der Waals surface area contributed by atoms with Gasteiger partial charge < -0.3 is 9.80 Å². The van der Waals surface area contributed by atoms with Gasteiger partial charge in [0.25, 0.3) is 0 Å². The van der Waals surface area contributed by atoms with Crippen LogP contribution < -0.4 is 0 Å². The summed E-state index contributed by atoms with van der Waals surface area (Å²) in [6.45, 7) is 2.42. The summed E-state index contributed by atoms with van der Waals surface area (Å²) in [5.41, 5.74) is 0.0946. The standard InChI is InChI=1S/C17H26N2O2/c20-15(16(21)19-11-9-17(19)7-3-8-17)18-10-6-14(12-18)13-4-1-2-5-13/h13-14H,1-12H2. The average molecular weight is 290 g/mol. The number of rotatable bonds is 1. The van der Waals surface area contributed by atoms with Gasteiger partial charge in [-0.1, -0.05) is 25.7 Å². The minimum absolute atomic E-state index is 0.0946. The molecule has 1 atom stereocenters. The van der Waals surface area contributed by atoms with Gasteiger partial charge in [0.05, 0.1) is 0 Å². The molecular formula is C17H26N2O2. The molecule has 0 bridgehead atoms. The molecule has 2 amide bonds. The number of hydrogen-bond acceptors (Lipinski definition) is 2. The van der Waals surface area contributed by atoms with Gasteiger partial charge in [0.15, 0.2) is 0 Å². The molecule has 116 valence electrons. The highest BCUT2D eigenvalue weighted by atomic mass is 16.2. The highest BCUT2D eigenvalue weighted by Gasteiger charge is 2.53. The van der Waals surface area contributed by atoms with Crippen molar-refractivity contribution in [1.82, 2.24) is 9.80 Å². The highest BCUT2D eigenvalue weighted by molar-refractivity contribution is 6.35. The minimum Gasteiger partial charge on any atom is -0.334 e. The molecule has 2 aliphatic carbocycles. The maximum atomic E-state index is 12.5. The largest absolute Gasteiger partial charge is 0.334 e. The summed E-state index contributed by atoms with van der Waals surface area (Å²) in [5.74, 6) is 1.02. The van der Waals surface area contributed by atoms with Gasteiger partial charge in [-0.25, -0.2) is 0 Å². The van der Waals surface area contributed by atoms with Crippen molar-refractivity contribution in [2.75, 3.05) is 19.6 Å². The summed E-state index contributed by atoms with van der Waals surface area (Å²) in [5, 5.41) is 0. The Morgan fingerprint density at radius 1 is 0.810 bits per heavy atom. The third-order valence-corrected chi connectivity index (χ3v) is 6.66. The van der Waals surface area contributed by atoms with Crippen molar-refractivity contribution in [2.24, 2.45) is 11.8 Å². The third-order valence-electron chi connectivity index (χ3n) is 6.66. The molecule has 4 fully saturated rings. The number of carbonyl (C=O) groups is 2. The Hall–Kier alpha value is -1.06. The molecule has 0 aromatic carbocycles. The summed E-state index contributed by atoms with van der Waals surface area (Å²) in [7, 11) is 0. The Kier molecular flexibility index (Phi) is 3.23. The van der Waals surface area contributed by atoms with Crippen LogP contribution in [0.2, 0.25) is 0 Å². The van der Waals surface area contributed by atoms with Crippen LogP contribution in [0.1, 0.15) is 57.8 Å². The van der Waals surface area contributed by atoms with Crippen LogP contribution in [0.15, 0.2) is 0 Å². The lowest BCUT2D eigenvalue weighted by Crippen LogP contribution is -2.67. The van der Waals surface area contributed by atoms with Gasteiger partial charge in [-0.15, -0.1) is 0 Å². The van der Waals surface area contributed by atoms with E-state index in [9.17, 15) is 9.59 Å². The molecule has 0 aromatic rings. The van der Waals surface area contributed by atoms with E-state index >= 15 is 0 Å². The lowest BCUT2D eigenvalue weighted by atomic mass is 9.68. The van der Waals surface area contributed by atoms with Crippen molar-refractivity contribution in [3.8, 4) is 0 Å². The smallest absolute Gasteiger partial charge is 0.312 e. The SMILES string of the molecule is O=C(C(=O)N1CCC12CCC2)N1CCC(C2CCCC2)C1. The van der Waals surface area contributed by atoms with Crippen LogP contribution in [-0.4, -0.2) is 46.8 Å². The third kappa shape index (κ3) is 2.09. The molecule has 2 heterocycles. The molecular weight excluding hydrogens is 264 g/mol. The van der Waals surface area contributed by atoms with Crippen molar-refractivity contribution in [3.63, 3.8) is 0 Å². The number of carbonyl (C=O) groups excluding carboxylic acids is 2. The van der Waals surface area contributed by atoms with E-state index < -0.39 is 0 Å². The molecule has 21 heavy (non-hydrogen) atoms. The fraction of sp³-hybridized carbons (Fsp3) is 0.882. The molecule has 4 heteroatoms. The maximum Gasteiger partial charge on any atom is 0.312 e. The second-order valence-electron chi connectivity index (χ2n) is 7.63. The Labute approximate surface area is 126 Å². The van der Waals surface area contributed by atoms with E-state index in [2.05, 4.69) is 0 Å². The Bertz CT molecular complexity index is 446. The van der Waals surface area contributed by atoms with Crippen molar-refractivity contribution in [3.05, 3.63) is 0 Å². The fourth-order valence-corrected chi connectivity index (χ4v) is 5.00. The van der Waals surface area contributed by atoms with Gasteiger partial charge in [-0.2, -0.15) is 0 Å². The summed E-state index contributed by atoms with van der Waals surface area (Å²) in [6.07, 6.45) is 11.0. The van der Waals surface area contributed by atoms with Crippen LogP contribution in [0.3, 0.4) is 0 Å². The Morgan fingerprint density at radius 2 is 1.57 bits per heavy atom. The van der Waals surface area contributed by atoms with Gasteiger partial charge in [0, 0.05) is 25.2 Å². The molecule has 0 aromatic heterocycles. The minimum atomic E-state index is -0.221. The Balaban J connectivity index is 1.36. The zero-order valence-corrected chi connectivity index (χ0v) is 12.9. The van der Waals surface area contributed by atoms with Crippen LogP contribution in [0, 0.1) is 11.8 Å². The van der Waals surface area contributed by atoms with Gasteiger partial charge in [-0.05, 0) is 43.9 Å². The first-order chi connectivity index (χ1) is 10.2. The number of amides is 2. The first-order valence-corrected chi connectivity index (χ1v) is 8.80. The molecule has 4 nitrogen and oxygen atoms in total. The second-order valence-corrected chi connectivity index (χ2v) is 7.63. The molecule has 1 unspecified atom stereocenters. The number of nitrogens with zero attached hydrogens (tertiary/aromatic N) is 2. The van der Waals surface area contributed by atoms with E-state index in [1.165, 1.54) is 32.1 Å². The molecule has 2 saturated heterocycles.